The Bertz CT molecular complexity index is 2030. The zero-order valence-electron chi connectivity index (χ0n) is 29.9. The molecule has 1 unspecified atom stereocenters. The van der Waals surface area contributed by atoms with Gasteiger partial charge in [0.25, 0.3) is 11.8 Å². The van der Waals surface area contributed by atoms with Gasteiger partial charge in [-0.15, -0.1) is 11.8 Å². The fourth-order valence-electron chi connectivity index (χ4n) is 5.15. The van der Waals surface area contributed by atoms with E-state index >= 15 is 0 Å². The molecule has 0 bridgehead atoms. The van der Waals surface area contributed by atoms with Crippen LogP contribution in [0.4, 0.5) is 17.1 Å². The Morgan fingerprint density at radius 3 is 2.08 bits per heavy atom. The lowest BCUT2D eigenvalue weighted by Crippen LogP contribution is -2.30. The van der Waals surface area contributed by atoms with E-state index in [2.05, 4.69) is 16.0 Å². The molecule has 0 heterocycles. The molecule has 3 N–H and O–H groups in total. The molecule has 0 radical (unpaired) electrons. The quantitative estimate of drug-likeness (QED) is 0.0428. The van der Waals surface area contributed by atoms with Crippen molar-refractivity contribution < 1.29 is 23.9 Å². The van der Waals surface area contributed by atoms with E-state index in [1.165, 1.54) is 11.8 Å². The second-order valence-corrected chi connectivity index (χ2v) is 13.5. The summed E-state index contributed by atoms with van der Waals surface area (Å²) in [6.07, 6.45) is 3.36. The van der Waals surface area contributed by atoms with Crippen molar-refractivity contribution in [3.63, 3.8) is 0 Å². The maximum atomic E-state index is 13.8. The van der Waals surface area contributed by atoms with Crippen LogP contribution >= 0.6 is 11.8 Å². The normalized spacial score (nSPS) is 11.6. The molecule has 53 heavy (non-hydrogen) atoms. The summed E-state index contributed by atoms with van der Waals surface area (Å²) in [5, 5.41) is 8.03. The Kier molecular flexibility index (Phi) is 13.6. The number of benzene rings is 5. The Morgan fingerprint density at radius 2 is 1.42 bits per heavy atom. The van der Waals surface area contributed by atoms with E-state index in [1.807, 2.05) is 92.6 Å². The van der Waals surface area contributed by atoms with Crippen molar-refractivity contribution in [2.24, 2.45) is 0 Å². The van der Waals surface area contributed by atoms with Crippen molar-refractivity contribution in [3.05, 3.63) is 161 Å². The lowest BCUT2D eigenvalue weighted by molar-refractivity contribution is -0.116. The molecule has 5 rings (SSSR count). The molecule has 10 heteroatoms. The summed E-state index contributed by atoms with van der Waals surface area (Å²) in [7, 11) is 3.89. The maximum absolute atomic E-state index is 13.8. The minimum absolute atomic E-state index is 0.0660. The minimum atomic E-state index is -0.647. The molecule has 0 saturated heterocycles. The van der Waals surface area contributed by atoms with Gasteiger partial charge in [0.15, 0.2) is 0 Å². The van der Waals surface area contributed by atoms with Crippen molar-refractivity contribution in [2.45, 2.75) is 29.9 Å². The molecule has 270 valence electrons. The number of carbonyl (C=O) groups is 4. The largest absolute Gasteiger partial charge is 0.462 e. The average molecular weight is 727 g/mol. The molecule has 0 aliphatic carbocycles. The van der Waals surface area contributed by atoms with E-state index in [0.717, 1.165) is 34.6 Å². The highest BCUT2D eigenvalue weighted by molar-refractivity contribution is 8.00. The predicted octanol–water partition coefficient (Wildman–Crippen LogP) is 8.59. The number of ether oxygens (including phenoxy) is 1. The molecule has 9 nitrogen and oxygen atoms in total. The summed E-state index contributed by atoms with van der Waals surface area (Å²) in [5.41, 5.74) is 4.43. The second-order valence-electron chi connectivity index (χ2n) is 12.3. The van der Waals surface area contributed by atoms with Crippen LogP contribution in [0, 0.1) is 0 Å². The maximum Gasteiger partial charge on any atom is 0.338 e. The van der Waals surface area contributed by atoms with E-state index in [1.54, 1.807) is 72.8 Å². The van der Waals surface area contributed by atoms with Crippen LogP contribution in [0.2, 0.25) is 0 Å². The summed E-state index contributed by atoms with van der Waals surface area (Å²) >= 11 is 1.33. The third kappa shape index (κ3) is 11.2. The van der Waals surface area contributed by atoms with Crippen molar-refractivity contribution in [1.29, 1.82) is 0 Å². The number of nitrogens with zero attached hydrogens (tertiary/aromatic N) is 1. The first-order chi connectivity index (χ1) is 25.7. The summed E-state index contributed by atoms with van der Waals surface area (Å²) in [4.78, 5) is 55.7. The van der Waals surface area contributed by atoms with E-state index in [4.69, 9.17) is 4.74 Å². The fraction of sp³-hybridized carbons (Fsp3) is 0.163. The van der Waals surface area contributed by atoms with Crippen LogP contribution in [0.1, 0.15) is 56.9 Å². The molecule has 0 aliphatic heterocycles. The van der Waals surface area contributed by atoms with Crippen LogP contribution in [0.3, 0.4) is 0 Å². The molecule has 0 aromatic heterocycles. The van der Waals surface area contributed by atoms with Gasteiger partial charge < -0.3 is 25.6 Å². The molecule has 0 fully saturated rings. The number of carbonyl (C=O) groups excluding carboxylic acids is 4. The van der Waals surface area contributed by atoms with E-state index in [0.29, 0.717) is 29.1 Å². The average Bonchev–Trinajstić information content (AvgIpc) is 3.18. The van der Waals surface area contributed by atoms with Gasteiger partial charge in [-0.25, -0.2) is 4.79 Å². The number of anilines is 3. The Hall–Kier alpha value is -6.13. The van der Waals surface area contributed by atoms with Gasteiger partial charge in [-0.2, -0.15) is 0 Å². The van der Waals surface area contributed by atoms with Crippen molar-refractivity contribution in [3.8, 4) is 0 Å². The monoisotopic (exact) mass is 726 g/mol. The van der Waals surface area contributed by atoms with Crippen molar-refractivity contribution in [1.82, 2.24) is 5.32 Å². The van der Waals surface area contributed by atoms with Crippen LogP contribution in [0.5, 0.6) is 0 Å². The number of hydrogen-bond acceptors (Lipinski definition) is 7. The second kappa shape index (κ2) is 18.9. The standard InChI is InChI=1S/C43H42N4O5S/c1-4-5-27-52-43(51)33-21-23-34(24-22-33)44-42(50)39(31-13-8-6-9-14-31)53-37-18-12-17-35(29-37)45-41(49)38(46-40(48)32-15-10-7-11-16-32)28-30-19-25-36(26-20-30)47(2)3/h6-26,28-29,39H,4-5,27H2,1-3H3,(H,44,50)(H,45,49)(H,46,48)/b38-28+. The predicted molar refractivity (Wildman–Crippen MR) is 213 cm³/mol. The van der Waals surface area contributed by atoms with Crippen LogP contribution in [-0.2, 0) is 14.3 Å². The molecule has 5 aromatic carbocycles. The van der Waals surface area contributed by atoms with Gasteiger partial charge in [0.05, 0.1) is 12.2 Å². The van der Waals surface area contributed by atoms with Gasteiger partial charge in [-0.1, -0.05) is 80.1 Å². The van der Waals surface area contributed by atoms with Gasteiger partial charge in [-0.3, -0.25) is 14.4 Å². The van der Waals surface area contributed by atoms with Gasteiger partial charge >= 0.3 is 5.97 Å². The molecule has 1 atom stereocenters. The number of nitrogens with one attached hydrogen (secondary N) is 3. The molecular weight excluding hydrogens is 685 g/mol. The first-order valence-electron chi connectivity index (χ1n) is 17.3. The number of esters is 1. The highest BCUT2D eigenvalue weighted by atomic mass is 32.2. The van der Waals surface area contributed by atoms with Crippen molar-refractivity contribution in [2.75, 3.05) is 36.2 Å². The van der Waals surface area contributed by atoms with Crippen molar-refractivity contribution >= 4 is 58.6 Å². The Labute approximate surface area is 314 Å². The lowest BCUT2D eigenvalue weighted by Gasteiger charge is -2.18. The third-order valence-corrected chi connectivity index (χ3v) is 9.30. The zero-order chi connectivity index (χ0) is 37.6. The summed E-state index contributed by atoms with van der Waals surface area (Å²) in [5.74, 6) is -1.59. The first-order valence-corrected chi connectivity index (χ1v) is 18.1. The smallest absolute Gasteiger partial charge is 0.338 e. The minimum Gasteiger partial charge on any atom is -0.462 e. The molecule has 5 aromatic rings. The number of amides is 3. The summed E-state index contributed by atoms with van der Waals surface area (Å²) in [6.45, 7) is 2.39. The van der Waals surface area contributed by atoms with Gasteiger partial charge in [0, 0.05) is 41.6 Å². The first kappa shape index (κ1) is 38.1. The van der Waals surface area contributed by atoms with Gasteiger partial charge in [0.2, 0.25) is 5.91 Å². The molecule has 3 amide bonds. The Balaban J connectivity index is 1.33. The van der Waals surface area contributed by atoms with E-state index in [9.17, 15) is 19.2 Å². The third-order valence-electron chi connectivity index (χ3n) is 8.05. The van der Waals surface area contributed by atoms with E-state index < -0.39 is 23.0 Å². The summed E-state index contributed by atoms with van der Waals surface area (Å²) < 4.78 is 5.29. The van der Waals surface area contributed by atoms with Crippen LogP contribution in [0.25, 0.3) is 6.08 Å². The Morgan fingerprint density at radius 1 is 0.736 bits per heavy atom. The highest BCUT2D eigenvalue weighted by Gasteiger charge is 2.23. The van der Waals surface area contributed by atoms with Crippen LogP contribution in [-0.4, -0.2) is 44.4 Å². The molecule has 0 aliphatic rings. The molecule has 0 spiro atoms. The van der Waals surface area contributed by atoms with Gasteiger partial charge in [0.1, 0.15) is 10.9 Å². The molecular formula is C43H42N4O5S. The number of rotatable bonds is 15. The fourth-order valence-corrected chi connectivity index (χ4v) is 6.23. The SMILES string of the molecule is CCCCOC(=O)c1ccc(NC(=O)C(Sc2cccc(NC(=O)/C(=C\c3ccc(N(C)C)cc3)NC(=O)c3ccccc3)c2)c2ccccc2)cc1. The van der Waals surface area contributed by atoms with Crippen LogP contribution in [0.15, 0.2) is 144 Å². The number of hydrogen-bond donors (Lipinski definition) is 3. The number of unbranched alkanes of at least 4 members (excludes halogenated alkanes) is 1. The topological polar surface area (TPSA) is 117 Å². The number of thioether (sulfide) groups is 1. The highest BCUT2D eigenvalue weighted by Crippen LogP contribution is 2.37. The molecule has 0 saturated carbocycles. The van der Waals surface area contributed by atoms with Gasteiger partial charge in [-0.05, 0) is 90.4 Å². The zero-order valence-corrected chi connectivity index (χ0v) is 30.7. The van der Waals surface area contributed by atoms with E-state index in [-0.39, 0.29) is 11.6 Å². The summed E-state index contributed by atoms with van der Waals surface area (Å²) in [6, 6.07) is 39.5. The lowest BCUT2D eigenvalue weighted by atomic mass is 10.1. The van der Waals surface area contributed by atoms with Crippen LogP contribution < -0.4 is 20.9 Å².